The fourth-order valence-corrected chi connectivity index (χ4v) is 2.86. The normalized spacial score (nSPS) is 13.4. The van der Waals surface area contributed by atoms with Crippen LogP contribution in [0.15, 0.2) is 36.4 Å². The van der Waals surface area contributed by atoms with Crippen molar-refractivity contribution in [2.75, 3.05) is 19.8 Å². The first kappa shape index (κ1) is 18.2. The summed E-state index contributed by atoms with van der Waals surface area (Å²) in [5.74, 6) is -0.119. The van der Waals surface area contributed by atoms with Gasteiger partial charge in [0.25, 0.3) is 0 Å². The number of amides is 1. The summed E-state index contributed by atoms with van der Waals surface area (Å²) in [5.41, 5.74) is 0.513. The Kier molecular flexibility index (Phi) is 5.11. The highest BCUT2D eigenvalue weighted by Gasteiger charge is 2.30. The number of hydrogen-bond donors (Lipinski definition) is 1. The number of carbonyl (C=O) groups excluding carboxylic acids is 1. The van der Waals surface area contributed by atoms with Gasteiger partial charge in [-0.15, -0.1) is 0 Å². The Balaban J connectivity index is 1.64. The van der Waals surface area contributed by atoms with Gasteiger partial charge in [0.15, 0.2) is 11.5 Å². The molecule has 0 atom stereocenters. The van der Waals surface area contributed by atoms with Gasteiger partial charge in [0.2, 0.25) is 5.91 Å². The van der Waals surface area contributed by atoms with E-state index in [1.165, 1.54) is 12.1 Å². The third-order valence-corrected chi connectivity index (χ3v) is 4.45. The SMILES string of the molecule is CC(C)(C(=O)NCCc1cc(F)cc(F)c1)c1ccc2c(c1)OCCO2. The fraction of sp³-hybridized carbons (Fsp3) is 0.350. The van der Waals surface area contributed by atoms with E-state index in [1.807, 2.05) is 26.0 Å². The van der Waals surface area contributed by atoms with Crippen molar-refractivity contribution in [1.29, 1.82) is 0 Å². The minimum atomic E-state index is -0.789. The second kappa shape index (κ2) is 7.32. The van der Waals surface area contributed by atoms with Crippen LogP contribution in [0, 0.1) is 11.6 Å². The smallest absolute Gasteiger partial charge is 0.230 e. The summed E-state index contributed by atoms with van der Waals surface area (Å²) in [4.78, 5) is 12.6. The van der Waals surface area contributed by atoms with E-state index in [-0.39, 0.29) is 12.5 Å². The van der Waals surface area contributed by atoms with Crippen LogP contribution >= 0.6 is 0 Å². The molecule has 0 aromatic heterocycles. The maximum atomic E-state index is 13.2. The van der Waals surface area contributed by atoms with Gasteiger partial charge in [0, 0.05) is 12.6 Å². The monoisotopic (exact) mass is 361 g/mol. The number of hydrogen-bond acceptors (Lipinski definition) is 3. The molecule has 138 valence electrons. The predicted octanol–water partition coefficient (Wildman–Crippen LogP) is 3.37. The maximum Gasteiger partial charge on any atom is 0.230 e. The van der Waals surface area contributed by atoms with Crippen LogP contribution in [0.5, 0.6) is 11.5 Å². The average molecular weight is 361 g/mol. The largest absolute Gasteiger partial charge is 0.486 e. The van der Waals surface area contributed by atoms with Crippen molar-refractivity contribution >= 4 is 5.91 Å². The van der Waals surface area contributed by atoms with E-state index in [1.54, 1.807) is 6.07 Å². The number of carbonyl (C=O) groups is 1. The van der Waals surface area contributed by atoms with Crippen molar-refractivity contribution in [3.05, 3.63) is 59.2 Å². The molecule has 1 aliphatic heterocycles. The fourth-order valence-electron chi connectivity index (χ4n) is 2.86. The molecule has 4 nitrogen and oxygen atoms in total. The van der Waals surface area contributed by atoms with Crippen molar-refractivity contribution in [1.82, 2.24) is 5.32 Å². The lowest BCUT2D eigenvalue weighted by atomic mass is 9.83. The summed E-state index contributed by atoms with van der Waals surface area (Å²) in [6.45, 7) is 4.91. The molecular formula is C20H21F2NO3. The number of nitrogens with one attached hydrogen (secondary N) is 1. The van der Waals surface area contributed by atoms with E-state index in [9.17, 15) is 13.6 Å². The number of rotatable bonds is 5. The van der Waals surface area contributed by atoms with Gasteiger partial charge in [-0.1, -0.05) is 6.07 Å². The lowest BCUT2D eigenvalue weighted by Crippen LogP contribution is -2.41. The topological polar surface area (TPSA) is 47.6 Å². The van der Waals surface area contributed by atoms with Gasteiger partial charge in [-0.2, -0.15) is 0 Å². The van der Waals surface area contributed by atoms with Crippen LogP contribution < -0.4 is 14.8 Å². The van der Waals surface area contributed by atoms with E-state index in [0.717, 1.165) is 11.6 Å². The maximum absolute atomic E-state index is 13.2. The van der Waals surface area contributed by atoms with Crippen LogP contribution in [-0.2, 0) is 16.6 Å². The Hall–Kier alpha value is -2.63. The standard InChI is InChI=1S/C20H21F2NO3/c1-20(2,14-3-4-17-18(11-14)26-8-7-25-17)19(24)23-6-5-13-9-15(21)12-16(22)10-13/h3-4,9-12H,5-8H2,1-2H3,(H,23,24). The zero-order valence-electron chi connectivity index (χ0n) is 14.8. The van der Waals surface area contributed by atoms with E-state index < -0.39 is 17.0 Å². The molecule has 0 radical (unpaired) electrons. The Bertz CT molecular complexity index is 800. The quantitative estimate of drug-likeness (QED) is 0.888. The summed E-state index contributed by atoms with van der Waals surface area (Å²) < 4.78 is 37.5. The van der Waals surface area contributed by atoms with Crippen molar-refractivity contribution in [3.63, 3.8) is 0 Å². The second-order valence-corrected chi connectivity index (χ2v) is 6.77. The highest BCUT2D eigenvalue weighted by atomic mass is 19.1. The lowest BCUT2D eigenvalue weighted by Gasteiger charge is -2.26. The van der Waals surface area contributed by atoms with Crippen molar-refractivity contribution < 1.29 is 23.0 Å². The summed E-state index contributed by atoms with van der Waals surface area (Å²) in [6.07, 6.45) is 0.345. The van der Waals surface area contributed by atoms with E-state index in [2.05, 4.69) is 5.32 Å². The van der Waals surface area contributed by atoms with Gasteiger partial charge in [-0.3, -0.25) is 4.79 Å². The number of ether oxygens (including phenoxy) is 2. The van der Waals surface area contributed by atoms with Gasteiger partial charge in [-0.25, -0.2) is 8.78 Å². The molecule has 1 heterocycles. The molecule has 1 N–H and O–H groups in total. The van der Waals surface area contributed by atoms with Crippen LogP contribution in [0.4, 0.5) is 8.78 Å². The van der Waals surface area contributed by atoms with Crippen LogP contribution in [0.2, 0.25) is 0 Å². The van der Waals surface area contributed by atoms with Crippen LogP contribution in [0.3, 0.4) is 0 Å². The first-order valence-electron chi connectivity index (χ1n) is 8.49. The first-order valence-corrected chi connectivity index (χ1v) is 8.49. The van der Waals surface area contributed by atoms with Gasteiger partial charge >= 0.3 is 0 Å². The molecule has 0 spiro atoms. The first-order chi connectivity index (χ1) is 12.4. The summed E-state index contributed by atoms with van der Waals surface area (Å²) in [5, 5.41) is 2.83. The predicted molar refractivity (Wildman–Crippen MR) is 93.5 cm³/mol. The van der Waals surface area contributed by atoms with Crippen molar-refractivity contribution in [2.24, 2.45) is 0 Å². The molecule has 0 fully saturated rings. The van der Waals surface area contributed by atoms with E-state index in [4.69, 9.17) is 9.47 Å². The molecule has 6 heteroatoms. The molecular weight excluding hydrogens is 340 g/mol. The Morgan fingerprint density at radius 3 is 2.38 bits per heavy atom. The zero-order valence-corrected chi connectivity index (χ0v) is 14.8. The Labute approximate surface area is 151 Å². The van der Waals surface area contributed by atoms with E-state index >= 15 is 0 Å². The second-order valence-electron chi connectivity index (χ2n) is 6.77. The Morgan fingerprint density at radius 1 is 1.04 bits per heavy atom. The van der Waals surface area contributed by atoms with E-state index in [0.29, 0.717) is 36.7 Å². The van der Waals surface area contributed by atoms with Crippen LogP contribution in [0.25, 0.3) is 0 Å². The Morgan fingerprint density at radius 2 is 1.69 bits per heavy atom. The van der Waals surface area contributed by atoms with Crippen LogP contribution in [0.1, 0.15) is 25.0 Å². The van der Waals surface area contributed by atoms with Gasteiger partial charge in [0.05, 0.1) is 5.41 Å². The lowest BCUT2D eigenvalue weighted by molar-refractivity contribution is -0.125. The highest BCUT2D eigenvalue weighted by Crippen LogP contribution is 2.35. The molecule has 26 heavy (non-hydrogen) atoms. The molecule has 1 aliphatic rings. The molecule has 0 bridgehead atoms. The van der Waals surface area contributed by atoms with Crippen molar-refractivity contribution in [3.8, 4) is 11.5 Å². The molecule has 1 amide bonds. The number of fused-ring (bicyclic) bond motifs is 1. The number of halogens is 2. The number of benzene rings is 2. The molecule has 3 rings (SSSR count). The summed E-state index contributed by atoms with van der Waals surface area (Å²) >= 11 is 0. The zero-order chi connectivity index (χ0) is 18.7. The van der Waals surface area contributed by atoms with Crippen molar-refractivity contribution in [2.45, 2.75) is 25.7 Å². The molecule has 0 unspecified atom stereocenters. The highest BCUT2D eigenvalue weighted by molar-refractivity contribution is 5.87. The van der Waals surface area contributed by atoms with Gasteiger partial charge in [0.1, 0.15) is 24.8 Å². The van der Waals surface area contributed by atoms with Gasteiger partial charge in [-0.05, 0) is 55.7 Å². The summed E-state index contributed by atoms with van der Waals surface area (Å²) in [7, 11) is 0. The minimum Gasteiger partial charge on any atom is -0.486 e. The average Bonchev–Trinajstić information content (AvgIpc) is 2.60. The molecule has 2 aromatic carbocycles. The minimum absolute atomic E-state index is 0.175. The van der Waals surface area contributed by atoms with Crippen LogP contribution in [-0.4, -0.2) is 25.7 Å². The van der Waals surface area contributed by atoms with Gasteiger partial charge < -0.3 is 14.8 Å². The third-order valence-electron chi connectivity index (χ3n) is 4.45. The molecule has 2 aromatic rings. The third kappa shape index (κ3) is 3.95. The molecule has 0 saturated carbocycles. The molecule has 0 saturated heterocycles. The molecule has 0 aliphatic carbocycles. The summed E-state index contributed by atoms with van der Waals surface area (Å²) in [6, 6.07) is 8.81.